The quantitative estimate of drug-likeness (QED) is 0.779. The number of Topliss-reactive ketones (excluding diaryl/α,β-unsaturated/α-hetero) is 1. The fourth-order valence-corrected chi connectivity index (χ4v) is 2.98. The topological polar surface area (TPSA) is 20.3 Å². The summed E-state index contributed by atoms with van der Waals surface area (Å²) >= 11 is 6.17. The van der Waals surface area contributed by atoms with Crippen molar-refractivity contribution in [1.29, 1.82) is 0 Å². The summed E-state index contributed by atoms with van der Waals surface area (Å²) in [5, 5.41) is 0.807. The summed E-state index contributed by atoms with van der Waals surface area (Å²) in [5.74, 6) is 0.665. The van der Waals surface area contributed by atoms with Crippen LogP contribution in [0, 0.1) is 5.92 Å². The molecule has 0 spiro atoms. The molecule has 0 aliphatic heterocycles. The van der Waals surface area contributed by atoms with E-state index in [0.717, 1.165) is 42.9 Å². The highest BCUT2D eigenvalue weighted by Gasteiger charge is 2.22. The molecule has 0 bridgehead atoms. The second-order valence-corrected chi connectivity index (χ2v) is 5.96. The van der Waals surface area contributed by atoms with Gasteiger partial charge in [0.15, 0.2) is 0 Å². The average Bonchev–Trinajstić information content (AvgIpc) is 2.58. The Bertz CT molecular complexity index is 433. The first kappa shape index (κ1) is 14.5. The molecule has 2 rings (SSSR count). The van der Waals surface area contributed by atoms with Gasteiger partial charge in [-0.2, -0.15) is 0 Å². The maximum absolute atomic E-state index is 12.0. The predicted molar refractivity (Wildman–Crippen MR) is 79.4 cm³/mol. The van der Waals surface area contributed by atoms with Gasteiger partial charge in [-0.05, 0) is 31.5 Å². The molecule has 1 unspecified atom stereocenters. The Hall–Kier alpha value is -0.860. The lowest BCUT2D eigenvalue weighted by molar-refractivity contribution is -0.123. The van der Waals surface area contributed by atoms with E-state index in [0.29, 0.717) is 5.78 Å². The largest absolute Gasteiger partial charge is 0.301 e. The zero-order chi connectivity index (χ0) is 13.7. The molecule has 0 aromatic heterocycles. The Morgan fingerprint density at radius 1 is 1.26 bits per heavy atom. The SMILES string of the molecule is CN(Cc1ccccc1Cl)CC1CCCCCC1=O. The summed E-state index contributed by atoms with van der Waals surface area (Å²) in [6.07, 6.45) is 5.28. The number of carbonyl (C=O) groups excluding carboxylic acids is 1. The number of halogens is 1. The molecule has 0 heterocycles. The summed E-state index contributed by atoms with van der Waals surface area (Å²) in [7, 11) is 2.07. The molecule has 1 aromatic rings. The summed E-state index contributed by atoms with van der Waals surface area (Å²) < 4.78 is 0. The fraction of sp³-hybridized carbons (Fsp3) is 0.562. The third kappa shape index (κ3) is 4.32. The van der Waals surface area contributed by atoms with Crippen LogP contribution in [-0.2, 0) is 11.3 Å². The van der Waals surface area contributed by atoms with Crippen molar-refractivity contribution in [2.24, 2.45) is 5.92 Å². The van der Waals surface area contributed by atoms with E-state index in [-0.39, 0.29) is 5.92 Å². The first-order valence-electron chi connectivity index (χ1n) is 7.11. The fourth-order valence-electron chi connectivity index (χ4n) is 2.78. The van der Waals surface area contributed by atoms with Crippen molar-refractivity contribution in [3.8, 4) is 0 Å². The standard InChI is InChI=1S/C16H22ClNO/c1-18(11-13-7-5-6-9-15(13)17)12-14-8-3-2-4-10-16(14)19/h5-7,9,14H,2-4,8,10-12H2,1H3. The molecule has 2 nitrogen and oxygen atoms in total. The van der Waals surface area contributed by atoms with Crippen molar-refractivity contribution in [3.63, 3.8) is 0 Å². The number of hydrogen-bond donors (Lipinski definition) is 0. The lowest BCUT2D eigenvalue weighted by Crippen LogP contribution is -2.29. The monoisotopic (exact) mass is 279 g/mol. The van der Waals surface area contributed by atoms with Gasteiger partial charge in [0.1, 0.15) is 5.78 Å². The van der Waals surface area contributed by atoms with Gasteiger partial charge in [-0.3, -0.25) is 4.79 Å². The molecule has 1 atom stereocenters. The highest BCUT2D eigenvalue weighted by atomic mass is 35.5. The van der Waals surface area contributed by atoms with Crippen LogP contribution in [0.5, 0.6) is 0 Å². The second kappa shape index (κ2) is 7.06. The molecule has 1 aliphatic carbocycles. The molecule has 1 saturated carbocycles. The van der Waals surface area contributed by atoms with Gasteiger partial charge < -0.3 is 4.90 Å². The smallest absolute Gasteiger partial charge is 0.137 e. The first-order chi connectivity index (χ1) is 9.16. The van der Waals surface area contributed by atoms with Gasteiger partial charge in [0.05, 0.1) is 0 Å². The maximum Gasteiger partial charge on any atom is 0.137 e. The molecule has 1 aromatic carbocycles. The van der Waals surface area contributed by atoms with Crippen LogP contribution < -0.4 is 0 Å². The van der Waals surface area contributed by atoms with Gasteiger partial charge in [0.2, 0.25) is 0 Å². The number of nitrogens with zero attached hydrogens (tertiary/aromatic N) is 1. The average molecular weight is 280 g/mol. The van der Waals surface area contributed by atoms with Crippen LogP contribution in [0.4, 0.5) is 0 Å². The van der Waals surface area contributed by atoms with Crippen molar-refractivity contribution in [2.45, 2.75) is 38.6 Å². The van der Waals surface area contributed by atoms with Gasteiger partial charge in [-0.25, -0.2) is 0 Å². The summed E-state index contributed by atoms with van der Waals surface area (Å²) in [5.41, 5.74) is 1.13. The van der Waals surface area contributed by atoms with Crippen LogP contribution >= 0.6 is 11.6 Å². The van der Waals surface area contributed by atoms with E-state index in [1.165, 1.54) is 12.8 Å². The third-order valence-electron chi connectivity index (χ3n) is 3.86. The van der Waals surface area contributed by atoms with Crippen LogP contribution in [-0.4, -0.2) is 24.3 Å². The van der Waals surface area contributed by atoms with Crippen molar-refractivity contribution in [2.75, 3.05) is 13.6 Å². The van der Waals surface area contributed by atoms with Gasteiger partial charge in [0.25, 0.3) is 0 Å². The number of hydrogen-bond acceptors (Lipinski definition) is 2. The van der Waals surface area contributed by atoms with E-state index in [1.54, 1.807) is 0 Å². The minimum Gasteiger partial charge on any atom is -0.301 e. The van der Waals surface area contributed by atoms with Crippen LogP contribution in [0.15, 0.2) is 24.3 Å². The molecule has 0 N–H and O–H groups in total. The Morgan fingerprint density at radius 3 is 2.84 bits per heavy atom. The van der Waals surface area contributed by atoms with E-state index in [4.69, 9.17) is 11.6 Å². The maximum atomic E-state index is 12.0. The molecule has 3 heteroatoms. The molecule has 0 radical (unpaired) electrons. The normalized spacial score (nSPS) is 20.6. The summed E-state index contributed by atoms with van der Waals surface area (Å²) in [4.78, 5) is 14.2. The molecular weight excluding hydrogens is 258 g/mol. The Morgan fingerprint density at radius 2 is 2.05 bits per heavy atom. The van der Waals surface area contributed by atoms with Gasteiger partial charge in [0, 0.05) is 30.5 Å². The zero-order valence-electron chi connectivity index (χ0n) is 11.6. The summed E-state index contributed by atoms with van der Waals surface area (Å²) in [6.45, 7) is 1.66. The lowest BCUT2D eigenvalue weighted by atomic mass is 9.98. The number of ketones is 1. The molecule has 1 aliphatic rings. The lowest BCUT2D eigenvalue weighted by Gasteiger charge is -2.22. The second-order valence-electron chi connectivity index (χ2n) is 5.55. The van der Waals surface area contributed by atoms with Crippen LogP contribution in [0.25, 0.3) is 0 Å². The Labute approximate surface area is 120 Å². The molecule has 1 fully saturated rings. The number of rotatable bonds is 4. The number of benzene rings is 1. The van der Waals surface area contributed by atoms with Crippen molar-refractivity contribution < 1.29 is 4.79 Å². The molecule has 0 saturated heterocycles. The van der Waals surface area contributed by atoms with Gasteiger partial charge in [-0.15, -0.1) is 0 Å². The minimum absolute atomic E-state index is 0.218. The van der Waals surface area contributed by atoms with Crippen LogP contribution in [0.3, 0.4) is 0 Å². The molecule has 19 heavy (non-hydrogen) atoms. The highest BCUT2D eigenvalue weighted by Crippen LogP contribution is 2.22. The van der Waals surface area contributed by atoms with E-state index >= 15 is 0 Å². The highest BCUT2D eigenvalue weighted by molar-refractivity contribution is 6.31. The van der Waals surface area contributed by atoms with E-state index in [2.05, 4.69) is 11.9 Å². The number of carbonyl (C=O) groups is 1. The van der Waals surface area contributed by atoms with Gasteiger partial charge in [-0.1, -0.05) is 42.6 Å². The molecule has 0 amide bonds. The van der Waals surface area contributed by atoms with E-state index in [9.17, 15) is 4.79 Å². The zero-order valence-corrected chi connectivity index (χ0v) is 12.3. The van der Waals surface area contributed by atoms with Crippen molar-refractivity contribution >= 4 is 17.4 Å². The third-order valence-corrected chi connectivity index (χ3v) is 4.23. The molecule has 104 valence electrons. The predicted octanol–water partition coefficient (Wildman–Crippen LogP) is 3.92. The van der Waals surface area contributed by atoms with Crippen LogP contribution in [0.2, 0.25) is 5.02 Å². The summed E-state index contributed by atoms with van der Waals surface area (Å²) in [6, 6.07) is 7.92. The van der Waals surface area contributed by atoms with Crippen LogP contribution in [0.1, 0.15) is 37.7 Å². The van der Waals surface area contributed by atoms with Gasteiger partial charge >= 0.3 is 0 Å². The Kier molecular flexibility index (Phi) is 5.41. The van der Waals surface area contributed by atoms with E-state index in [1.807, 2.05) is 24.3 Å². The first-order valence-corrected chi connectivity index (χ1v) is 7.49. The Balaban J connectivity index is 1.91. The van der Waals surface area contributed by atoms with Crippen molar-refractivity contribution in [3.05, 3.63) is 34.9 Å². The minimum atomic E-state index is 0.218. The van der Waals surface area contributed by atoms with E-state index < -0.39 is 0 Å². The van der Waals surface area contributed by atoms with Crippen molar-refractivity contribution in [1.82, 2.24) is 4.90 Å². The molecular formula is C16H22ClNO.